The van der Waals surface area contributed by atoms with Crippen LogP contribution in [0.15, 0.2) is 12.2 Å². The van der Waals surface area contributed by atoms with Crippen molar-refractivity contribution in [3.63, 3.8) is 0 Å². The van der Waals surface area contributed by atoms with Crippen molar-refractivity contribution < 1.29 is 4.43 Å². The second-order valence-electron chi connectivity index (χ2n) is 5.19. The molecule has 0 aromatic heterocycles. The van der Waals surface area contributed by atoms with Crippen molar-refractivity contribution in [1.29, 1.82) is 0 Å². The van der Waals surface area contributed by atoms with E-state index in [1.165, 1.54) is 0 Å². The third-order valence-electron chi connectivity index (χ3n) is 2.90. The zero-order valence-corrected chi connectivity index (χ0v) is 12.0. The molecule has 0 aliphatic carbocycles. The maximum Gasteiger partial charge on any atom is 0.191 e. The topological polar surface area (TPSA) is 9.23 Å². The van der Waals surface area contributed by atoms with Crippen LogP contribution in [0.1, 0.15) is 34.1 Å². The highest BCUT2D eigenvalue weighted by Gasteiger charge is 2.36. The predicted molar refractivity (Wildman–Crippen MR) is 70.4 cm³/mol. The molecule has 2 heteroatoms. The number of hydrogen-bond acceptors (Lipinski definition) is 1. The summed E-state index contributed by atoms with van der Waals surface area (Å²) in [6, 6.07) is 0. The first-order chi connectivity index (χ1) is 6.81. The Bertz CT molecular complexity index is 260. The Hall–Kier alpha value is -0.523. The smallest absolute Gasteiger partial charge is 0.191 e. The van der Waals surface area contributed by atoms with Gasteiger partial charge in [-0.05, 0) is 37.6 Å². The molecule has 0 aromatic rings. The molecular weight excluding hydrogens is 200 g/mol. The molecule has 0 unspecified atom stereocenters. The first-order valence-corrected chi connectivity index (χ1v) is 8.43. The summed E-state index contributed by atoms with van der Waals surface area (Å²) in [6.07, 6.45) is 4.93. The summed E-state index contributed by atoms with van der Waals surface area (Å²) in [4.78, 5) is 0. The van der Waals surface area contributed by atoms with E-state index in [4.69, 9.17) is 4.43 Å². The molecule has 0 fully saturated rings. The molecule has 0 heterocycles. The lowest BCUT2D eigenvalue weighted by molar-refractivity contribution is 0.294. The molecule has 0 aliphatic rings. The molecule has 0 rings (SSSR count). The van der Waals surface area contributed by atoms with Crippen molar-refractivity contribution in [1.82, 2.24) is 0 Å². The lowest BCUT2D eigenvalue weighted by Crippen LogP contribution is -2.40. The van der Waals surface area contributed by atoms with Gasteiger partial charge in [0.25, 0.3) is 0 Å². The molecule has 0 aromatic carbocycles. The SMILES string of the molecule is CC#C/C=C/CCO[Si](C)(C)C(C)(C)C. The van der Waals surface area contributed by atoms with Gasteiger partial charge < -0.3 is 4.43 Å². The second kappa shape index (κ2) is 6.15. The largest absolute Gasteiger partial charge is 0.417 e. The van der Waals surface area contributed by atoms with Crippen molar-refractivity contribution in [2.45, 2.75) is 52.2 Å². The predicted octanol–water partition coefficient (Wildman–Crippen LogP) is 3.98. The standard InChI is InChI=1S/C13H24OSi/c1-7-8-9-10-11-12-14-15(5,6)13(2,3)4/h9-10H,11-12H2,1-6H3/b10-9+. The molecule has 0 amide bonds. The third kappa shape index (κ3) is 5.81. The fraction of sp³-hybridized carbons (Fsp3) is 0.692. The Morgan fingerprint density at radius 3 is 2.33 bits per heavy atom. The fourth-order valence-corrected chi connectivity index (χ4v) is 1.89. The molecule has 0 radical (unpaired) electrons. The van der Waals surface area contributed by atoms with Gasteiger partial charge in [-0.15, -0.1) is 5.92 Å². The molecule has 0 saturated heterocycles. The van der Waals surface area contributed by atoms with E-state index in [1.807, 2.05) is 13.0 Å². The van der Waals surface area contributed by atoms with E-state index < -0.39 is 8.32 Å². The van der Waals surface area contributed by atoms with Crippen LogP contribution < -0.4 is 0 Å². The Labute approximate surface area is 96.0 Å². The van der Waals surface area contributed by atoms with E-state index >= 15 is 0 Å². The van der Waals surface area contributed by atoms with Crippen LogP contribution in [0, 0.1) is 11.8 Å². The van der Waals surface area contributed by atoms with Gasteiger partial charge in [0.05, 0.1) is 0 Å². The molecule has 0 N–H and O–H groups in total. The zero-order chi connectivity index (χ0) is 11.9. The zero-order valence-electron chi connectivity index (χ0n) is 11.0. The van der Waals surface area contributed by atoms with Gasteiger partial charge in [-0.2, -0.15) is 0 Å². The van der Waals surface area contributed by atoms with Crippen LogP contribution in [0.2, 0.25) is 18.1 Å². The number of allylic oxidation sites excluding steroid dienone is 1. The Kier molecular flexibility index (Phi) is 5.93. The first-order valence-electron chi connectivity index (χ1n) is 5.52. The molecule has 15 heavy (non-hydrogen) atoms. The van der Waals surface area contributed by atoms with Crippen molar-refractivity contribution >= 4 is 8.32 Å². The molecule has 0 spiro atoms. The van der Waals surface area contributed by atoms with Gasteiger partial charge in [0.15, 0.2) is 8.32 Å². The van der Waals surface area contributed by atoms with Crippen molar-refractivity contribution in [3.05, 3.63) is 12.2 Å². The quantitative estimate of drug-likeness (QED) is 0.399. The van der Waals surface area contributed by atoms with Crippen LogP contribution in [0.25, 0.3) is 0 Å². The van der Waals surface area contributed by atoms with Crippen molar-refractivity contribution in [3.8, 4) is 11.8 Å². The van der Waals surface area contributed by atoms with E-state index in [9.17, 15) is 0 Å². The Balaban J connectivity index is 3.90. The lowest BCUT2D eigenvalue weighted by Gasteiger charge is -2.36. The van der Waals surface area contributed by atoms with E-state index in [2.05, 4.69) is 51.8 Å². The summed E-state index contributed by atoms with van der Waals surface area (Å²) < 4.78 is 6.01. The molecule has 1 nitrogen and oxygen atoms in total. The van der Waals surface area contributed by atoms with E-state index in [-0.39, 0.29) is 0 Å². The number of rotatable bonds is 4. The summed E-state index contributed by atoms with van der Waals surface area (Å²) in [7, 11) is -1.54. The van der Waals surface area contributed by atoms with Crippen LogP contribution in [0.5, 0.6) is 0 Å². The second-order valence-corrected chi connectivity index (χ2v) is 10.0. The van der Waals surface area contributed by atoms with Crippen LogP contribution in [0.3, 0.4) is 0 Å². The average molecular weight is 224 g/mol. The number of hydrogen-bond donors (Lipinski definition) is 0. The molecule has 86 valence electrons. The highest BCUT2D eigenvalue weighted by molar-refractivity contribution is 6.74. The molecule has 0 saturated carbocycles. The van der Waals surface area contributed by atoms with Crippen LogP contribution in [-0.4, -0.2) is 14.9 Å². The van der Waals surface area contributed by atoms with E-state index in [0.717, 1.165) is 13.0 Å². The summed E-state index contributed by atoms with van der Waals surface area (Å²) in [6.45, 7) is 14.0. The summed E-state index contributed by atoms with van der Waals surface area (Å²) in [5, 5.41) is 0.305. The minimum absolute atomic E-state index is 0.305. The van der Waals surface area contributed by atoms with Gasteiger partial charge in [0.2, 0.25) is 0 Å². The van der Waals surface area contributed by atoms with E-state index in [0.29, 0.717) is 5.04 Å². The highest BCUT2D eigenvalue weighted by Crippen LogP contribution is 2.36. The Morgan fingerprint density at radius 1 is 1.27 bits per heavy atom. The van der Waals surface area contributed by atoms with Crippen LogP contribution in [0.4, 0.5) is 0 Å². The van der Waals surface area contributed by atoms with Gasteiger partial charge in [-0.3, -0.25) is 0 Å². The van der Waals surface area contributed by atoms with Gasteiger partial charge in [0, 0.05) is 6.61 Å². The van der Waals surface area contributed by atoms with E-state index in [1.54, 1.807) is 0 Å². The van der Waals surface area contributed by atoms with Gasteiger partial charge in [-0.25, -0.2) is 0 Å². The Morgan fingerprint density at radius 2 is 1.87 bits per heavy atom. The minimum atomic E-state index is -1.54. The first kappa shape index (κ1) is 14.5. The molecular formula is C13H24OSi. The van der Waals surface area contributed by atoms with Gasteiger partial charge in [-0.1, -0.05) is 32.8 Å². The highest BCUT2D eigenvalue weighted by atomic mass is 28.4. The van der Waals surface area contributed by atoms with Crippen molar-refractivity contribution in [2.75, 3.05) is 6.61 Å². The fourth-order valence-electron chi connectivity index (χ4n) is 0.824. The third-order valence-corrected chi connectivity index (χ3v) is 7.44. The lowest BCUT2D eigenvalue weighted by atomic mass is 10.2. The van der Waals surface area contributed by atoms with Crippen molar-refractivity contribution in [2.24, 2.45) is 0 Å². The average Bonchev–Trinajstić information content (AvgIpc) is 2.09. The van der Waals surface area contributed by atoms with Crippen LogP contribution >= 0.6 is 0 Å². The van der Waals surface area contributed by atoms with Gasteiger partial charge in [0.1, 0.15) is 0 Å². The summed E-state index contributed by atoms with van der Waals surface area (Å²) >= 11 is 0. The monoisotopic (exact) mass is 224 g/mol. The van der Waals surface area contributed by atoms with Crippen LogP contribution in [-0.2, 0) is 4.43 Å². The molecule has 0 bridgehead atoms. The minimum Gasteiger partial charge on any atom is -0.417 e. The molecule has 0 aliphatic heterocycles. The summed E-state index contributed by atoms with van der Waals surface area (Å²) in [5.74, 6) is 5.73. The normalized spacial score (nSPS) is 12.7. The molecule has 0 atom stereocenters. The maximum absolute atomic E-state index is 6.01. The maximum atomic E-state index is 6.01. The summed E-state index contributed by atoms with van der Waals surface area (Å²) in [5.41, 5.74) is 0. The van der Waals surface area contributed by atoms with Gasteiger partial charge >= 0.3 is 0 Å².